The highest BCUT2D eigenvalue weighted by atomic mass is 19.4. The van der Waals surface area contributed by atoms with E-state index in [-0.39, 0.29) is 18.3 Å². The first-order valence-electron chi connectivity index (χ1n) is 8.96. The quantitative estimate of drug-likeness (QED) is 0.633. The van der Waals surface area contributed by atoms with Gasteiger partial charge < -0.3 is 15.5 Å². The van der Waals surface area contributed by atoms with Crippen LogP contribution in [0, 0.1) is 5.92 Å². The molecule has 0 unspecified atom stereocenters. The maximum atomic E-state index is 13.7. The number of benzene rings is 1. The lowest BCUT2D eigenvalue weighted by atomic mass is 9.93. The zero-order valence-electron chi connectivity index (χ0n) is 16.0. The van der Waals surface area contributed by atoms with Crippen LogP contribution in [0.4, 0.5) is 13.2 Å². The molecule has 0 aliphatic carbocycles. The molecular weight excluding hydrogens is 369 g/mol. The number of hydrogen-bond acceptors (Lipinski definition) is 4. The van der Waals surface area contributed by atoms with Crippen molar-refractivity contribution in [1.82, 2.24) is 15.0 Å². The highest BCUT2D eigenvalue weighted by molar-refractivity contribution is 5.90. The molecule has 0 radical (unpaired) electrons. The predicted octanol–water partition coefficient (Wildman–Crippen LogP) is 4.79. The molecule has 0 fully saturated rings. The van der Waals surface area contributed by atoms with Gasteiger partial charge in [0, 0.05) is 22.7 Å². The van der Waals surface area contributed by atoms with E-state index in [0.29, 0.717) is 28.7 Å². The van der Waals surface area contributed by atoms with Gasteiger partial charge in [-0.3, -0.25) is 0 Å². The second-order valence-electron chi connectivity index (χ2n) is 7.78. The van der Waals surface area contributed by atoms with Crippen molar-refractivity contribution in [2.24, 2.45) is 11.7 Å². The Bertz CT molecular complexity index is 960. The van der Waals surface area contributed by atoms with E-state index in [4.69, 9.17) is 10.5 Å². The molecule has 0 aliphatic rings. The van der Waals surface area contributed by atoms with E-state index >= 15 is 0 Å². The number of rotatable bonds is 6. The summed E-state index contributed by atoms with van der Waals surface area (Å²) in [6.07, 6.45) is -0.918. The molecule has 3 N–H and O–H groups in total. The van der Waals surface area contributed by atoms with Gasteiger partial charge in [0.15, 0.2) is 0 Å². The maximum absolute atomic E-state index is 13.7. The van der Waals surface area contributed by atoms with Crippen LogP contribution in [0.25, 0.3) is 22.3 Å². The minimum atomic E-state index is -4.55. The highest BCUT2D eigenvalue weighted by Crippen LogP contribution is 2.39. The minimum Gasteiger partial charge on any atom is -0.493 e. The van der Waals surface area contributed by atoms with E-state index in [1.807, 2.05) is 20.8 Å². The van der Waals surface area contributed by atoms with Gasteiger partial charge in [-0.25, -0.2) is 9.97 Å². The van der Waals surface area contributed by atoms with Gasteiger partial charge in [0.2, 0.25) is 0 Å². The standard InChI is InChI=1S/C20H23F3N4O/c1-12(9-19(2,3)24)10-28-16-5-4-13(8-15(16)20(21,22)23)17-14-6-7-25-18(14)27-11-26-17/h4-8,11-12H,9-10,24H2,1-3H3,(H,25,26,27)/t12-/m0/s1. The molecule has 1 atom stereocenters. The normalized spacial score (nSPS) is 13.7. The van der Waals surface area contributed by atoms with Crippen molar-refractivity contribution in [1.29, 1.82) is 0 Å². The fourth-order valence-corrected chi connectivity index (χ4v) is 3.32. The second kappa shape index (κ2) is 7.43. The molecule has 0 amide bonds. The third kappa shape index (κ3) is 4.62. The molecule has 0 aliphatic heterocycles. The molecule has 28 heavy (non-hydrogen) atoms. The zero-order chi connectivity index (χ0) is 20.5. The Hall–Kier alpha value is -2.61. The van der Waals surface area contributed by atoms with Crippen molar-refractivity contribution in [2.75, 3.05) is 6.61 Å². The lowest BCUT2D eigenvalue weighted by Gasteiger charge is -2.24. The lowest BCUT2D eigenvalue weighted by molar-refractivity contribution is -0.139. The van der Waals surface area contributed by atoms with Crippen LogP contribution in [0.2, 0.25) is 0 Å². The first-order valence-corrected chi connectivity index (χ1v) is 8.96. The molecule has 2 heterocycles. The Labute approximate surface area is 161 Å². The third-order valence-corrected chi connectivity index (χ3v) is 4.31. The molecule has 3 rings (SSSR count). The number of nitrogens with zero attached hydrogens (tertiary/aromatic N) is 2. The number of ether oxygens (including phenoxy) is 1. The second-order valence-corrected chi connectivity index (χ2v) is 7.78. The largest absolute Gasteiger partial charge is 0.493 e. The van der Waals surface area contributed by atoms with E-state index in [9.17, 15) is 13.2 Å². The first kappa shape index (κ1) is 20.1. The van der Waals surface area contributed by atoms with Gasteiger partial charge in [-0.1, -0.05) is 6.92 Å². The topological polar surface area (TPSA) is 76.8 Å². The van der Waals surface area contributed by atoms with Gasteiger partial charge >= 0.3 is 6.18 Å². The molecule has 8 heteroatoms. The Morgan fingerprint density at radius 2 is 1.93 bits per heavy atom. The van der Waals surface area contributed by atoms with E-state index in [2.05, 4.69) is 15.0 Å². The number of aromatic amines is 1. The van der Waals surface area contributed by atoms with Crippen LogP contribution in [-0.2, 0) is 6.18 Å². The summed E-state index contributed by atoms with van der Waals surface area (Å²) in [5.74, 6) is -0.181. The fourth-order valence-electron chi connectivity index (χ4n) is 3.32. The summed E-state index contributed by atoms with van der Waals surface area (Å²) in [6.45, 7) is 5.81. The molecule has 0 bridgehead atoms. The van der Waals surface area contributed by atoms with Crippen LogP contribution in [0.1, 0.15) is 32.8 Å². The zero-order valence-corrected chi connectivity index (χ0v) is 16.0. The van der Waals surface area contributed by atoms with Crippen molar-refractivity contribution >= 4 is 11.0 Å². The molecule has 0 saturated carbocycles. The number of alkyl halides is 3. The number of halogens is 3. The Morgan fingerprint density at radius 3 is 2.61 bits per heavy atom. The molecule has 150 valence electrons. The fraction of sp³-hybridized carbons (Fsp3) is 0.400. The SMILES string of the molecule is C[C@H](COc1ccc(-c2ncnc3[nH]ccc23)cc1C(F)(F)F)CC(C)(C)N. The van der Waals surface area contributed by atoms with E-state index in [1.165, 1.54) is 12.4 Å². The molecule has 0 saturated heterocycles. The van der Waals surface area contributed by atoms with Gasteiger partial charge in [-0.15, -0.1) is 0 Å². The van der Waals surface area contributed by atoms with Crippen molar-refractivity contribution in [3.63, 3.8) is 0 Å². The number of aromatic nitrogens is 3. The van der Waals surface area contributed by atoms with Gasteiger partial charge in [-0.05, 0) is 50.5 Å². The van der Waals surface area contributed by atoms with Crippen molar-refractivity contribution in [3.8, 4) is 17.0 Å². The predicted molar refractivity (Wildman–Crippen MR) is 102 cm³/mol. The van der Waals surface area contributed by atoms with Gasteiger partial charge in [0.05, 0.1) is 17.9 Å². The van der Waals surface area contributed by atoms with Crippen molar-refractivity contribution in [2.45, 2.75) is 38.9 Å². The smallest absolute Gasteiger partial charge is 0.419 e. The highest BCUT2D eigenvalue weighted by Gasteiger charge is 2.35. The van der Waals surface area contributed by atoms with Gasteiger partial charge in [0.1, 0.15) is 17.7 Å². The molecular formula is C20H23F3N4O. The monoisotopic (exact) mass is 392 g/mol. The lowest BCUT2D eigenvalue weighted by Crippen LogP contribution is -2.35. The summed E-state index contributed by atoms with van der Waals surface area (Å²) in [6, 6.07) is 5.73. The van der Waals surface area contributed by atoms with E-state index < -0.39 is 17.3 Å². The number of fused-ring (bicyclic) bond motifs is 1. The van der Waals surface area contributed by atoms with Gasteiger partial charge in [-0.2, -0.15) is 13.2 Å². The average Bonchev–Trinajstić information content (AvgIpc) is 3.06. The van der Waals surface area contributed by atoms with Crippen molar-refractivity contribution < 1.29 is 17.9 Å². The number of hydrogen-bond donors (Lipinski definition) is 2. The molecule has 0 spiro atoms. The molecule has 2 aromatic heterocycles. The van der Waals surface area contributed by atoms with Crippen LogP contribution in [0.15, 0.2) is 36.8 Å². The summed E-state index contributed by atoms with van der Waals surface area (Å²) in [5, 5.41) is 0.656. The number of nitrogens with two attached hydrogens (primary N) is 1. The summed E-state index contributed by atoms with van der Waals surface area (Å²) in [5.41, 5.74) is 6.09. The summed E-state index contributed by atoms with van der Waals surface area (Å²) < 4.78 is 46.5. The van der Waals surface area contributed by atoms with Crippen LogP contribution in [-0.4, -0.2) is 27.1 Å². The van der Waals surface area contributed by atoms with Crippen LogP contribution in [0.5, 0.6) is 5.75 Å². The number of H-pyrrole nitrogens is 1. The van der Waals surface area contributed by atoms with Crippen molar-refractivity contribution in [3.05, 3.63) is 42.4 Å². The minimum absolute atomic E-state index is 0.0158. The summed E-state index contributed by atoms with van der Waals surface area (Å²) >= 11 is 0. The average molecular weight is 392 g/mol. The third-order valence-electron chi connectivity index (χ3n) is 4.31. The number of nitrogens with one attached hydrogen (secondary N) is 1. The Morgan fingerprint density at radius 1 is 1.18 bits per heavy atom. The Balaban J connectivity index is 1.92. The summed E-state index contributed by atoms with van der Waals surface area (Å²) in [4.78, 5) is 11.2. The van der Waals surface area contributed by atoms with Gasteiger partial charge in [0.25, 0.3) is 0 Å². The Kier molecular flexibility index (Phi) is 5.34. The molecule has 3 aromatic rings. The van der Waals surface area contributed by atoms with E-state index in [1.54, 1.807) is 18.3 Å². The van der Waals surface area contributed by atoms with Crippen LogP contribution in [0.3, 0.4) is 0 Å². The molecule has 5 nitrogen and oxygen atoms in total. The molecule has 1 aromatic carbocycles. The van der Waals surface area contributed by atoms with E-state index in [0.717, 1.165) is 6.07 Å². The summed E-state index contributed by atoms with van der Waals surface area (Å²) in [7, 11) is 0. The van der Waals surface area contributed by atoms with Crippen LogP contribution < -0.4 is 10.5 Å². The van der Waals surface area contributed by atoms with Crippen LogP contribution >= 0.6 is 0 Å². The maximum Gasteiger partial charge on any atom is 0.419 e. The first-order chi connectivity index (χ1) is 13.0.